The molecule has 1 heterocycles. The number of piperazine rings is 1. The first-order chi connectivity index (χ1) is 11.6. The lowest BCUT2D eigenvalue weighted by molar-refractivity contribution is 0.175. The van der Waals surface area contributed by atoms with Crippen LogP contribution in [0.25, 0.3) is 10.8 Å². The fraction of sp³-hybridized carbons (Fsp3) is 0.450. The molecule has 0 aromatic heterocycles. The fourth-order valence-electron chi connectivity index (χ4n) is 3.18. The molecule has 0 aliphatic carbocycles. The Morgan fingerprint density at radius 3 is 2.50 bits per heavy atom. The average Bonchev–Trinajstić information content (AvgIpc) is 2.60. The zero-order chi connectivity index (χ0) is 16.9. The van der Waals surface area contributed by atoms with Gasteiger partial charge in [-0.05, 0) is 34.5 Å². The third kappa shape index (κ3) is 4.25. The van der Waals surface area contributed by atoms with E-state index in [0.29, 0.717) is 5.92 Å². The molecule has 0 atom stereocenters. The Morgan fingerprint density at radius 1 is 1.04 bits per heavy atom. The summed E-state index contributed by atoms with van der Waals surface area (Å²) in [5, 5.41) is 6.99. The van der Waals surface area contributed by atoms with Gasteiger partial charge in [0.25, 0.3) is 0 Å². The van der Waals surface area contributed by atoms with Gasteiger partial charge in [-0.3, -0.25) is 4.90 Å². The summed E-state index contributed by atoms with van der Waals surface area (Å²) in [6.45, 7) is 10.5. The maximum atomic E-state index is 5.52. The Kier molecular flexibility index (Phi) is 5.69. The van der Waals surface area contributed by atoms with Gasteiger partial charge in [-0.2, -0.15) is 0 Å². The van der Waals surface area contributed by atoms with Gasteiger partial charge >= 0.3 is 0 Å². The van der Waals surface area contributed by atoms with Crippen molar-refractivity contribution in [2.45, 2.75) is 20.4 Å². The lowest BCUT2D eigenvalue weighted by atomic mass is 10.0. The molecule has 0 bridgehead atoms. The Bertz CT molecular complexity index is 685. The van der Waals surface area contributed by atoms with Crippen molar-refractivity contribution < 1.29 is 0 Å². The molecule has 0 radical (unpaired) electrons. The summed E-state index contributed by atoms with van der Waals surface area (Å²) < 4.78 is 0. The quantitative estimate of drug-likeness (QED) is 0.858. The van der Waals surface area contributed by atoms with Crippen molar-refractivity contribution in [2.24, 2.45) is 5.92 Å². The minimum atomic E-state index is 0.621. The van der Waals surface area contributed by atoms with Crippen molar-refractivity contribution in [3.8, 4) is 0 Å². The molecule has 1 aliphatic rings. The van der Waals surface area contributed by atoms with E-state index in [0.717, 1.165) is 44.4 Å². The lowest BCUT2D eigenvalue weighted by Crippen LogP contribution is -2.51. The summed E-state index contributed by atoms with van der Waals surface area (Å²) in [7, 11) is 0. The highest BCUT2D eigenvalue weighted by molar-refractivity contribution is 7.80. The van der Waals surface area contributed by atoms with Crippen molar-refractivity contribution in [3.05, 3.63) is 48.0 Å². The minimum absolute atomic E-state index is 0.621. The second kappa shape index (κ2) is 7.95. The van der Waals surface area contributed by atoms with E-state index in [1.54, 1.807) is 0 Å². The first-order valence-electron chi connectivity index (χ1n) is 8.85. The van der Waals surface area contributed by atoms with Crippen LogP contribution < -0.4 is 5.32 Å². The summed E-state index contributed by atoms with van der Waals surface area (Å²) in [6.07, 6.45) is 0. The average molecular weight is 342 g/mol. The molecule has 0 saturated carbocycles. The van der Waals surface area contributed by atoms with Crippen LogP contribution in [0.3, 0.4) is 0 Å². The molecule has 24 heavy (non-hydrogen) atoms. The molecule has 128 valence electrons. The molecule has 3 nitrogen and oxygen atoms in total. The summed E-state index contributed by atoms with van der Waals surface area (Å²) in [4.78, 5) is 4.83. The normalized spacial score (nSPS) is 15.9. The van der Waals surface area contributed by atoms with Crippen molar-refractivity contribution in [1.29, 1.82) is 0 Å². The number of nitrogens with zero attached hydrogens (tertiary/aromatic N) is 2. The minimum Gasteiger partial charge on any atom is -0.362 e. The van der Waals surface area contributed by atoms with Crippen LogP contribution in [0.15, 0.2) is 42.5 Å². The molecule has 2 aromatic carbocycles. The van der Waals surface area contributed by atoms with E-state index in [1.165, 1.54) is 16.3 Å². The van der Waals surface area contributed by atoms with Gasteiger partial charge < -0.3 is 10.2 Å². The monoisotopic (exact) mass is 341 g/mol. The maximum Gasteiger partial charge on any atom is 0.169 e. The van der Waals surface area contributed by atoms with Crippen molar-refractivity contribution >= 4 is 28.1 Å². The van der Waals surface area contributed by atoms with Crippen molar-refractivity contribution in [2.75, 3.05) is 32.7 Å². The van der Waals surface area contributed by atoms with Gasteiger partial charge in [0.1, 0.15) is 0 Å². The molecule has 4 heteroatoms. The SMILES string of the molecule is CC(C)CNC(=S)N1CCN(Cc2cccc3ccccc23)CC1. The van der Waals surface area contributed by atoms with E-state index >= 15 is 0 Å². The van der Waals surface area contributed by atoms with Crippen LogP contribution in [0.2, 0.25) is 0 Å². The van der Waals surface area contributed by atoms with Gasteiger partial charge in [-0.15, -0.1) is 0 Å². The molecule has 1 N–H and O–H groups in total. The highest BCUT2D eigenvalue weighted by atomic mass is 32.1. The molecule has 0 spiro atoms. The molecular formula is C20H27N3S. The molecule has 0 unspecified atom stereocenters. The van der Waals surface area contributed by atoms with Crippen LogP contribution in [0.4, 0.5) is 0 Å². The number of rotatable bonds is 4. The van der Waals surface area contributed by atoms with Crippen molar-refractivity contribution in [1.82, 2.24) is 15.1 Å². The molecular weight excluding hydrogens is 314 g/mol. The van der Waals surface area contributed by atoms with Crippen LogP contribution in [-0.4, -0.2) is 47.6 Å². The van der Waals surface area contributed by atoms with Crippen LogP contribution in [0.1, 0.15) is 19.4 Å². The van der Waals surface area contributed by atoms with E-state index in [-0.39, 0.29) is 0 Å². The van der Waals surface area contributed by atoms with E-state index in [9.17, 15) is 0 Å². The number of hydrogen-bond donors (Lipinski definition) is 1. The molecule has 1 fully saturated rings. The second-order valence-electron chi connectivity index (χ2n) is 6.98. The van der Waals surface area contributed by atoms with Crippen molar-refractivity contribution in [3.63, 3.8) is 0 Å². The Labute approximate surface area is 150 Å². The van der Waals surface area contributed by atoms with E-state index in [4.69, 9.17) is 12.2 Å². The van der Waals surface area contributed by atoms with Gasteiger partial charge in [0.15, 0.2) is 5.11 Å². The van der Waals surface area contributed by atoms with E-state index < -0.39 is 0 Å². The number of hydrogen-bond acceptors (Lipinski definition) is 2. The summed E-state index contributed by atoms with van der Waals surface area (Å²) in [5.74, 6) is 0.621. The number of fused-ring (bicyclic) bond motifs is 1. The van der Waals surface area contributed by atoms with Crippen LogP contribution in [0, 0.1) is 5.92 Å². The van der Waals surface area contributed by atoms with Crippen LogP contribution >= 0.6 is 12.2 Å². The highest BCUT2D eigenvalue weighted by Gasteiger charge is 2.19. The van der Waals surface area contributed by atoms with Gasteiger partial charge in [0.05, 0.1) is 0 Å². The number of nitrogens with one attached hydrogen (secondary N) is 1. The summed E-state index contributed by atoms with van der Waals surface area (Å²) in [6, 6.07) is 15.3. The van der Waals surface area contributed by atoms with E-state index in [1.807, 2.05) is 0 Å². The van der Waals surface area contributed by atoms with Crippen LogP contribution in [0.5, 0.6) is 0 Å². The van der Waals surface area contributed by atoms with Gasteiger partial charge in [0.2, 0.25) is 0 Å². The Hall–Kier alpha value is -1.65. The van der Waals surface area contributed by atoms with Gasteiger partial charge in [-0.1, -0.05) is 56.3 Å². The third-order valence-corrected chi connectivity index (χ3v) is 5.00. The van der Waals surface area contributed by atoms with E-state index in [2.05, 4.69) is 71.4 Å². The summed E-state index contributed by atoms with van der Waals surface area (Å²) in [5.41, 5.74) is 1.42. The molecule has 1 aliphatic heterocycles. The predicted octanol–water partition coefficient (Wildman–Crippen LogP) is 3.49. The smallest absolute Gasteiger partial charge is 0.169 e. The first kappa shape index (κ1) is 17.2. The second-order valence-corrected chi connectivity index (χ2v) is 7.37. The van der Waals surface area contributed by atoms with Gasteiger partial charge in [0, 0.05) is 39.3 Å². The molecule has 1 saturated heterocycles. The third-order valence-electron chi connectivity index (χ3n) is 4.59. The molecule has 2 aromatic rings. The highest BCUT2D eigenvalue weighted by Crippen LogP contribution is 2.20. The first-order valence-corrected chi connectivity index (χ1v) is 9.26. The fourth-order valence-corrected chi connectivity index (χ4v) is 3.45. The number of benzene rings is 2. The zero-order valence-electron chi connectivity index (χ0n) is 14.7. The topological polar surface area (TPSA) is 18.5 Å². The molecule has 3 rings (SSSR count). The van der Waals surface area contributed by atoms with Gasteiger partial charge in [-0.25, -0.2) is 0 Å². The largest absolute Gasteiger partial charge is 0.362 e. The molecule has 0 amide bonds. The van der Waals surface area contributed by atoms with Crippen LogP contribution in [-0.2, 0) is 6.54 Å². The Balaban J connectivity index is 1.56. The zero-order valence-corrected chi connectivity index (χ0v) is 15.5. The lowest BCUT2D eigenvalue weighted by Gasteiger charge is -2.36. The standard InChI is InChI=1S/C20H27N3S/c1-16(2)14-21-20(24)23-12-10-22(11-13-23)15-18-8-5-7-17-6-3-4-9-19(17)18/h3-9,16H,10-15H2,1-2H3,(H,21,24). The predicted molar refractivity (Wildman–Crippen MR) is 106 cm³/mol. The maximum absolute atomic E-state index is 5.52. The number of thiocarbonyl (C=S) groups is 1. The Morgan fingerprint density at radius 2 is 1.75 bits per heavy atom. The summed E-state index contributed by atoms with van der Waals surface area (Å²) >= 11 is 5.52.